The molecule has 1 fully saturated rings. The highest BCUT2D eigenvalue weighted by Crippen LogP contribution is 2.38. The number of hydrogen-bond acceptors (Lipinski definition) is 5. The van der Waals surface area contributed by atoms with Gasteiger partial charge in [-0.25, -0.2) is 19.3 Å². The molecule has 0 spiro atoms. The van der Waals surface area contributed by atoms with Crippen LogP contribution in [0.25, 0.3) is 0 Å². The van der Waals surface area contributed by atoms with E-state index in [1.54, 1.807) is 30.6 Å². The van der Waals surface area contributed by atoms with Gasteiger partial charge in [-0.15, -0.1) is 0 Å². The minimum atomic E-state index is -0.339. The molecule has 5 nitrogen and oxygen atoms in total. The Balaban J connectivity index is 1.36. The molecular weight excluding hydrogens is 319 g/mol. The second-order valence-electron chi connectivity index (χ2n) is 5.99. The molecule has 2 aromatic heterocycles. The summed E-state index contributed by atoms with van der Waals surface area (Å²) in [5.41, 5.74) is 0.998. The second kappa shape index (κ2) is 6.84. The average Bonchev–Trinajstić information content (AvgIpc) is 3.47. The van der Waals surface area contributed by atoms with Gasteiger partial charge in [-0.1, -0.05) is 12.1 Å². The number of benzene rings is 1. The van der Waals surface area contributed by atoms with Crippen molar-refractivity contribution in [2.24, 2.45) is 0 Å². The molecule has 0 atom stereocenters. The van der Waals surface area contributed by atoms with Crippen LogP contribution in [0.3, 0.4) is 0 Å². The van der Waals surface area contributed by atoms with Crippen molar-refractivity contribution in [3.8, 4) is 11.6 Å². The van der Waals surface area contributed by atoms with E-state index in [0.29, 0.717) is 24.1 Å². The largest absolute Gasteiger partial charge is 0.439 e. The monoisotopic (exact) mass is 336 g/mol. The van der Waals surface area contributed by atoms with Crippen molar-refractivity contribution in [2.75, 3.05) is 5.32 Å². The predicted molar refractivity (Wildman–Crippen MR) is 92.0 cm³/mol. The van der Waals surface area contributed by atoms with Crippen LogP contribution in [0.15, 0.2) is 54.9 Å². The first-order chi connectivity index (χ1) is 12.3. The van der Waals surface area contributed by atoms with E-state index in [2.05, 4.69) is 20.3 Å². The first-order valence-corrected chi connectivity index (χ1v) is 8.21. The molecule has 0 aliphatic heterocycles. The number of aromatic nitrogens is 3. The number of nitrogens with zero attached hydrogens (tertiary/aromatic N) is 3. The highest BCUT2D eigenvalue weighted by atomic mass is 19.1. The Morgan fingerprint density at radius 2 is 2.04 bits per heavy atom. The Bertz CT molecular complexity index is 865. The Kier molecular flexibility index (Phi) is 4.24. The van der Waals surface area contributed by atoms with E-state index in [-0.39, 0.29) is 5.82 Å². The number of rotatable bonds is 6. The molecule has 1 N–H and O–H groups in total. The first-order valence-electron chi connectivity index (χ1n) is 8.21. The third-order valence-electron chi connectivity index (χ3n) is 3.91. The summed E-state index contributed by atoms with van der Waals surface area (Å²) >= 11 is 0. The number of pyridine rings is 1. The molecule has 0 unspecified atom stereocenters. The smallest absolute Gasteiger partial charge is 0.219 e. The van der Waals surface area contributed by atoms with E-state index in [9.17, 15) is 4.39 Å². The Hall–Kier alpha value is -3.02. The predicted octanol–water partition coefficient (Wildman–Crippen LogP) is 4.29. The van der Waals surface area contributed by atoms with Crippen LogP contribution in [0, 0.1) is 5.82 Å². The number of nitrogens with one attached hydrogen (secondary N) is 1. The van der Waals surface area contributed by atoms with Crippen molar-refractivity contribution in [1.82, 2.24) is 15.0 Å². The van der Waals surface area contributed by atoms with Crippen LogP contribution in [0.5, 0.6) is 11.6 Å². The molecule has 1 saturated carbocycles. The molecule has 126 valence electrons. The van der Waals surface area contributed by atoms with Gasteiger partial charge in [0.1, 0.15) is 23.2 Å². The van der Waals surface area contributed by atoms with Gasteiger partial charge in [0.25, 0.3) is 0 Å². The Morgan fingerprint density at radius 3 is 2.80 bits per heavy atom. The molecule has 2 heterocycles. The van der Waals surface area contributed by atoms with Crippen LogP contribution in [0.1, 0.15) is 30.1 Å². The first kappa shape index (κ1) is 15.5. The summed E-state index contributed by atoms with van der Waals surface area (Å²) < 4.78 is 18.7. The van der Waals surface area contributed by atoms with Crippen molar-refractivity contribution in [3.05, 3.63) is 72.1 Å². The van der Waals surface area contributed by atoms with Crippen LogP contribution in [0.2, 0.25) is 0 Å². The van der Waals surface area contributed by atoms with E-state index in [4.69, 9.17) is 4.74 Å². The van der Waals surface area contributed by atoms with Gasteiger partial charge in [-0.2, -0.15) is 0 Å². The summed E-state index contributed by atoms with van der Waals surface area (Å²) in [6.45, 7) is 0.606. The van der Waals surface area contributed by atoms with Crippen molar-refractivity contribution in [2.45, 2.75) is 25.3 Å². The molecule has 3 aromatic rings. The fourth-order valence-corrected chi connectivity index (χ4v) is 2.43. The van der Waals surface area contributed by atoms with Crippen LogP contribution in [0.4, 0.5) is 10.2 Å². The minimum Gasteiger partial charge on any atom is -0.439 e. The summed E-state index contributed by atoms with van der Waals surface area (Å²) in [4.78, 5) is 13.1. The van der Waals surface area contributed by atoms with E-state index in [1.807, 2.05) is 12.1 Å². The van der Waals surface area contributed by atoms with Gasteiger partial charge < -0.3 is 10.1 Å². The van der Waals surface area contributed by atoms with Crippen LogP contribution >= 0.6 is 0 Å². The van der Waals surface area contributed by atoms with E-state index in [0.717, 1.165) is 17.2 Å². The van der Waals surface area contributed by atoms with Crippen molar-refractivity contribution >= 4 is 5.82 Å². The molecule has 25 heavy (non-hydrogen) atoms. The van der Waals surface area contributed by atoms with Crippen molar-refractivity contribution in [3.63, 3.8) is 0 Å². The SMILES string of the molecule is Fc1cccc(Oc2ccc(CNc3ccnc(C4CC4)n3)cn2)c1. The van der Waals surface area contributed by atoms with Crippen LogP contribution < -0.4 is 10.1 Å². The molecule has 0 bridgehead atoms. The third-order valence-corrected chi connectivity index (χ3v) is 3.91. The Morgan fingerprint density at radius 1 is 1.12 bits per heavy atom. The van der Waals surface area contributed by atoms with E-state index in [1.165, 1.54) is 25.0 Å². The van der Waals surface area contributed by atoms with Crippen LogP contribution in [-0.2, 0) is 6.54 Å². The summed E-state index contributed by atoms with van der Waals surface area (Å²) in [5, 5.41) is 3.28. The summed E-state index contributed by atoms with van der Waals surface area (Å²) in [6, 6.07) is 11.5. The maximum atomic E-state index is 13.2. The third kappa shape index (κ3) is 4.09. The van der Waals surface area contributed by atoms with Gasteiger partial charge in [0, 0.05) is 37.0 Å². The van der Waals surface area contributed by atoms with Crippen molar-refractivity contribution in [1.29, 1.82) is 0 Å². The zero-order valence-electron chi connectivity index (χ0n) is 13.5. The average molecular weight is 336 g/mol. The van der Waals surface area contributed by atoms with Gasteiger partial charge in [-0.05, 0) is 36.6 Å². The van der Waals surface area contributed by atoms with Gasteiger partial charge in [0.15, 0.2) is 0 Å². The zero-order valence-corrected chi connectivity index (χ0v) is 13.5. The lowest BCUT2D eigenvalue weighted by atomic mass is 10.3. The molecule has 1 aromatic carbocycles. The second-order valence-corrected chi connectivity index (χ2v) is 5.99. The van der Waals surface area contributed by atoms with E-state index < -0.39 is 0 Å². The van der Waals surface area contributed by atoms with Gasteiger partial charge in [-0.3, -0.25) is 0 Å². The fourth-order valence-electron chi connectivity index (χ4n) is 2.43. The Labute approximate surface area is 144 Å². The lowest BCUT2D eigenvalue weighted by Crippen LogP contribution is -2.04. The molecule has 0 amide bonds. The maximum absolute atomic E-state index is 13.2. The molecule has 1 aliphatic carbocycles. The number of anilines is 1. The molecule has 6 heteroatoms. The standard InChI is InChI=1S/C19H17FN4O/c20-15-2-1-3-16(10-15)25-18-7-4-13(12-23-18)11-22-17-8-9-21-19(24-17)14-5-6-14/h1-4,7-10,12,14H,5-6,11H2,(H,21,22,24). The van der Waals surface area contributed by atoms with Crippen LogP contribution in [-0.4, -0.2) is 15.0 Å². The van der Waals surface area contributed by atoms with E-state index >= 15 is 0 Å². The maximum Gasteiger partial charge on any atom is 0.219 e. The van der Waals surface area contributed by atoms with Gasteiger partial charge >= 0.3 is 0 Å². The number of ether oxygens (including phenoxy) is 1. The number of halogens is 1. The van der Waals surface area contributed by atoms with Gasteiger partial charge in [0.2, 0.25) is 5.88 Å². The lowest BCUT2D eigenvalue weighted by Gasteiger charge is -2.08. The van der Waals surface area contributed by atoms with Gasteiger partial charge in [0.05, 0.1) is 0 Å². The zero-order chi connectivity index (χ0) is 17.1. The lowest BCUT2D eigenvalue weighted by molar-refractivity contribution is 0.458. The summed E-state index contributed by atoms with van der Waals surface area (Å²) in [5.74, 6) is 2.77. The molecular formula is C19H17FN4O. The summed E-state index contributed by atoms with van der Waals surface area (Å²) in [7, 11) is 0. The highest BCUT2D eigenvalue weighted by molar-refractivity contribution is 5.35. The minimum absolute atomic E-state index is 0.339. The topological polar surface area (TPSA) is 59.9 Å². The normalized spacial score (nSPS) is 13.5. The summed E-state index contributed by atoms with van der Waals surface area (Å²) in [6.07, 6.45) is 5.88. The molecule has 1 aliphatic rings. The van der Waals surface area contributed by atoms with Crippen molar-refractivity contribution < 1.29 is 9.13 Å². The molecule has 4 rings (SSSR count). The molecule has 0 saturated heterocycles. The highest BCUT2D eigenvalue weighted by Gasteiger charge is 2.26. The number of hydrogen-bond donors (Lipinski definition) is 1. The quantitative estimate of drug-likeness (QED) is 0.727. The molecule has 0 radical (unpaired) electrons. The fraction of sp³-hybridized carbons (Fsp3) is 0.211.